The second kappa shape index (κ2) is 8.99. The van der Waals surface area contributed by atoms with E-state index in [9.17, 15) is 4.79 Å². The van der Waals surface area contributed by atoms with E-state index in [-0.39, 0.29) is 5.91 Å². The molecule has 3 nitrogen and oxygen atoms in total. The van der Waals surface area contributed by atoms with Crippen molar-refractivity contribution in [2.45, 2.75) is 37.3 Å². The van der Waals surface area contributed by atoms with Gasteiger partial charge in [-0.1, -0.05) is 20.8 Å². The molecule has 1 rings (SSSR count). The fourth-order valence-electron chi connectivity index (χ4n) is 1.63. The highest BCUT2D eigenvalue weighted by Crippen LogP contribution is 2.22. The van der Waals surface area contributed by atoms with Gasteiger partial charge in [0.15, 0.2) is 0 Å². The molecular weight excluding hydrogens is 256 g/mol. The third-order valence-corrected chi connectivity index (χ3v) is 3.52. The first-order chi connectivity index (χ1) is 9.13. The highest BCUT2D eigenvalue weighted by atomic mass is 32.2. The topological polar surface area (TPSA) is 41.1 Å². The van der Waals surface area contributed by atoms with Gasteiger partial charge in [0.05, 0.1) is 0 Å². The van der Waals surface area contributed by atoms with Crippen LogP contribution >= 0.6 is 11.8 Å². The molecule has 0 radical (unpaired) electrons. The van der Waals surface area contributed by atoms with Crippen molar-refractivity contribution in [2.24, 2.45) is 0 Å². The number of nitrogens with one attached hydrogen (secondary N) is 2. The van der Waals surface area contributed by atoms with Crippen LogP contribution in [-0.2, 0) is 0 Å². The Kier molecular flexibility index (Phi) is 7.60. The van der Waals surface area contributed by atoms with Crippen LogP contribution in [0.5, 0.6) is 0 Å². The van der Waals surface area contributed by atoms with E-state index in [2.05, 4.69) is 31.4 Å². The minimum Gasteiger partial charge on any atom is -0.351 e. The van der Waals surface area contributed by atoms with Crippen LogP contribution in [0.25, 0.3) is 0 Å². The fourth-order valence-corrected chi connectivity index (χ4v) is 2.46. The van der Waals surface area contributed by atoms with Crippen LogP contribution in [0, 0.1) is 0 Å². The van der Waals surface area contributed by atoms with Gasteiger partial charge in [0.25, 0.3) is 5.91 Å². The third-order valence-electron chi connectivity index (χ3n) is 2.50. The Morgan fingerprint density at radius 2 is 1.84 bits per heavy atom. The Hall–Kier alpha value is -1.00. The van der Waals surface area contributed by atoms with Crippen molar-refractivity contribution in [3.8, 4) is 0 Å². The van der Waals surface area contributed by atoms with Crippen molar-refractivity contribution in [1.82, 2.24) is 10.6 Å². The van der Waals surface area contributed by atoms with E-state index >= 15 is 0 Å². The summed E-state index contributed by atoms with van der Waals surface area (Å²) < 4.78 is 0. The zero-order valence-corrected chi connectivity index (χ0v) is 12.8. The molecule has 0 fully saturated rings. The van der Waals surface area contributed by atoms with Crippen LogP contribution < -0.4 is 10.6 Å². The van der Waals surface area contributed by atoms with E-state index in [1.807, 2.05) is 24.3 Å². The van der Waals surface area contributed by atoms with E-state index in [4.69, 9.17) is 0 Å². The van der Waals surface area contributed by atoms with Crippen LogP contribution in [0.2, 0.25) is 0 Å². The molecular formula is C15H24N2OS. The lowest BCUT2D eigenvalue weighted by atomic mass is 10.2. The van der Waals surface area contributed by atoms with Crippen LogP contribution in [0.4, 0.5) is 0 Å². The normalized spacial score (nSPS) is 10.7. The summed E-state index contributed by atoms with van der Waals surface area (Å²) in [5.74, 6) is -0.000560. The Labute approximate surface area is 120 Å². The van der Waals surface area contributed by atoms with Crippen molar-refractivity contribution >= 4 is 17.7 Å². The van der Waals surface area contributed by atoms with Crippen LogP contribution in [0.1, 0.15) is 37.6 Å². The number of benzene rings is 1. The molecule has 0 saturated heterocycles. The minimum absolute atomic E-state index is 0.000560. The van der Waals surface area contributed by atoms with Crippen molar-refractivity contribution in [3.05, 3.63) is 29.8 Å². The molecule has 0 saturated carbocycles. The van der Waals surface area contributed by atoms with Gasteiger partial charge in [0.2, 0.25) is 0 Å². The second-order valence-corrected chi connectivity index (χ2v) is 6.35. The van der Waals surface area contributed by atoms with Gasteiger partial charge in [0.1, 0.15) is 0 Å². The number of hydrogen-bond acceptors (Lipinski definition) is 3. The first-order valence-electron chi connectivity index (χ1n) is 6.89. The molecule has 0 aliphatic carbocycles. The zero-order valence-electron chi connectivity index (χ0n) is 12.0. The van der Waals surface area contributed by atoms with Gasteiger partial charge in [-0.2, -0.15) is 0 Å². The summed E-state index contributed by atoms with van der Waals surface area (Å²) >= 11 is 1.80. The molecule has 106 valence electrons. The molecule has 1 aromatic rings. The van der Waals surface area contributed by atoms with E-state index < -0.39 is 0 Å². The number of thioether (sulfide) groups is 1. The quantitative estimate of drug-likeness (QED) is 0.568. The molecule has 4 heteroatoms. The standard InChI is InChI=1S/C15H24N2OS/c1-4-9-16-10-11-17-15(18)13-5-7-14(8-6-13)19-12(2)3/h5-8,12,16H,4,9-11H2,1-3H3,(H,17,18). The Bertz CT molecular complexity index is 376. The first kappa shape index (κ1) is 16.1. The molecule has 0 aliphatic heterocycles. The van der Waals surface area contributed by atoms with Crippen LogP contribution in [-0.4, -0.2) is 30.8 Å². The largest absolute Gasteiger partial charge is 0.351 e. The third kappa shape index (κ3) is 6.64. The summed E-state index contributed by atoms with van der Waals surface area (Å²) in [4.78, 5) is 13.1. The van der Waals surface area contributed by atoms with Crippen molar-refractivity contribution < 1.29 is 4.79 Å². The van der Waals surface area contributed by atoms with Crippen molar-refractivity contribution in [2.75, 3.05) is 19.6 Å². The first-order valence-corrected chi connectivity index (χ1v) is 7.77. The monoisotopic (exact) mass is 280 g/mol. The number of hydrogen-bond donors (Lipinski definition) is 2. The highest BCUT2D eigenvalue weighted by molar-refractivity contribution is 7.99. The summed E-state index contributed by atoms with van der Waals surface area (Å²) in [6.07, 6.45) is 1.11. The molecule has 1 aromatic carbocycles. The van der Waals surface area contributed by atoms with Crippen molar-refractivity contribution in [3.63, 3.8) is 0 Å². The molecule has 0 aromatic heterocycles. The number of rotatable bonds is 8. The van der Waals surface area contributed by atoms with Gasteiger partial charge in [0, 0.05) is 28.8 Å². The highest BCUT2D eigenvalue weighted by Gasteiger charge is 2.05. The lowest BCUT2D eigenvalue weighted by Crippen LogP contribution is -2.32. The molecule has 0 unspecified atom stereocenters. The molecule has 0 spiro atoms. The summed E-state index contributed by atoms with van der Waals surface area (Å²) in [6, 6.07) is 7.79. The Morgan fingerprint density at radius 1 is 1.16 bits per heavy atom. The molecule has 0 bridgehead atoms. The molecule has 1 amide bonds. The van der Waals surface area contributed by atoms with E-state index in [1.165, 1.54) is 4.90 Å². The predicted octanol–water partition coefficient (Wildman–Crippen LogP) is 2.92. The lowest BCUT2D eigenvalue weighted by molar-refractivity contribution is 0.0954. The fraction of sp³-hybridized carbons (Fsp3) is 0.533. The second-order valence-electron chi connectivity index (χ2n) is 4.70. The number of amides is 1. The maximum Gasteiger partial charge on any atom is 0.251 e. The van der Waals surface area contributed by atoms with E-state index in [0.717, 1.165) is 25.1 Å². The average Bonchev–Trinajstić information content (AvgIpc) is 2.38. The molecule has 0 atom stereocenters. The summed E-state index contributed by atoms with van der Waals surface area (Å²) in [5.41, 5.74) is 0.726. The maximum atomic E-state index is 11.9. The minimum atomic E-state index is -0.000560. The molecule has 0 aliphatic rings. The number of carbonyl (C=O) groups excluding carboxylic acids is 1. The van der Waals surface area contributed by atoms with Gasteiger partial charge >= 0.3 is 0 Å². The van der Waals surface area contributed by atoms with Gasteiger partial charge in [-0.3, -0.25) is 4.79 Å². The SMILES string of the molecule is CCCNCCNC(=O)c1ccc(SC(C)C)cc1. The van der Waals surface area contributed by atoms with Gasteiger partial charge in [-0.25, -0.2) is 0 Å². The van der Waals surface area contributed by atoms with Gasteiger partial charge in [-0.15, -0.1) is 11.8 Å². The summed E-state index contributed by atoms with van der Waals surface area (Å²) in [5, 5.41) is 6.72. The van der Waals surface area contributed by atoms with Crippen molar-refractivity contribution in [1.29, 1.82) is 0 Å². The predicted molar refractivity (Wildman–Crippen MR) is 82.9 cm³/mol. The van der Waals surface area contributed by atoms with E-state index in [0.29, 0.717) is 11.8 Å². The van der Waals surface area contributed by atoms with Gasteiger partial charge < -0.3 is 10.6 Å². The average molecular weight is 280 g/mol. The molecule has 0 heterocycles. The van der Waals surface area contributed by atoms with E-state index in [1.54, 1.807) is 11.8 Å². The summed E-state index contributed by atoms with van der Waals surface area (Å²) in [6.45, 7) is 8.94. The van der Waals surface area contributed by atoms with Gasteiger partial charge in [-0.05, 0) is 37.2 Å². The molecule has 2 N–H and O–H groups in total. The lowest BCUT2D eigenvalue weighted by Gasteiger charge is -2.08. The zero-order chi connectivity index (χ0) is 14.1. The molecule has 19 heavy (non-hydrogen) atoms. The Morgan fingerprint density at radius 3 is 2.42 bits per heavy atom. The Balaban J connectivity index is 2.36. The maximum absolute atomic E-state index is 11.9. The van der Waals surface area contributed by atoms with Crippen LogP contribution in [0.3, 0.4) is 0 Å². The van der Waals surface area contributed by atoms with Crippen LogP contribution in [0.15, 0.2) is 29.2 Å². The smallest absolute Gasteiger partial charge is 0.251 e. The number of carbonyl (C=O) groups is 1. The summed E-state index contributed by atoms with van der Waals surface area (Å²) in [7, 11) is 0.